The lowest BCUT2D eigenvalue weighted by atomic mass is 9.96. The summed E-state index contributed by atoms with van der Waals surface area (Å²) in [5, 5.41) is 11.2. The van der Waals surface area contributed by atoms with Crippen LogP contribution in [0.1, 0.15) is 10.4 Å². The Morgan fingerprint density at radius 1 is 0.906 bits per heavy atom. The van der Waals surface area contributed by atoms with Crippen molar-refractivity contribution in [3.63, 3.8) is 0 Å². The number of amides is 2. The van der Waals surface area contributed by atoms with Gasteiger partial charge in [0.05, 0.1) is 5.56 Å². The first-order valence-electron chi connectivity index (χ1n) is 10.8. The number of aromatic nitrogens is 2. The predicted molar refractivity (Wildman–Crippen MR) is 126 cm³/mol. The van der Waals surface area contributed by atoms with Crippen LogP contribution in [0, 0.1) is 0 Å². The number of likely N-dealkylation sites (N-methyl/N-ethyl adjacent to an activating group) is 1. The summed E-state index contributed by atoms with van der Waals surface area (Å²) in [4.78, 5) is 30.0. The first-order valence-corrected chi connectivity index (χ1v) is 10.8. The normalized spacial score (nSPS) is 14.7. The molecule has 1 aromatic heterocycles. The van der Waals surface area contributed by atoms with Crippen LogP contribution >= 0.6 is 0 Å². The molecule has 7 heteroatoms. The van der Waals surface area contributed by atoms with Crippen molar-refractivity contribution in [2.75, 3.05) is 38.5 Å². The third-order valence-corrected chi connectivity index (χ3v) is 6.03. The van der Waals surface area contributed by atoms with Crippen LogP contribution < -0.4 is 5.32 Å². The van der Waals surface area contributed by atoms with Gasteiger partial charge in [-0.15, -0.1) is 0 Å². The van der Waals surface area contributed by atoms with Crippen LogP contribution in [0.5, 0.6) is 0 Å². The lowest BCUT2D eigenvalue weighted by molar-refractivity contribution is -0.133. The molecule has 1 aliphatic heterocycles. The molecule has 1 aliphatic rings. The number of hydrogen-bond donors (Lipinski definition) is 1. The van der Waals surface area contributed by atoms with Gasteiger partial charge in [-0.2, -0.15) is 5.10 Å². The van der Waals surface area contributed by atoms with Gasteiger partial charge in [0.2, 0.25) is 5.91 Å². The van der Waals surface area contributed by atoms with Gasteiger partial charge >= 0.3 is 0 Å². The molecular weight excluding hydrogens is 402 g/mol. The highest BCUT2D eigenvalue weighted by Gasteiger charge is 2.20. The van der Waals surface area contributed by atoms with Crippen LogP contribution in [0.4, 0.5) is 5.82 Å². The van der Waals surface area contributed by atoms with E-state index >= 15 is 0 Å². The van der Waals surface area contributed by atoms with Crippen molar-refractivity contribution < 1.29 is 9.59 Å². The minimum atomic E-state index is -0.214. The lowest BCUT2D eigenvalue weighted by Crippen LogP contribution is -2.48. The number of fused-ring (bicyclic) bond motifs is 2. The van der Waals surface area contributed by atoms with Gasteiger partial charge in [0.1, 0.15) is 6.54 Å². The Morgan fingerprint density at radius 2 is 1.53 bits per heavy atom. The Kier molecular flexibility index (Phi) is 5.33. The molecule has 5 rings (SSSR count). The van der Waals surface area contributed by atoms with Crippen LogP contribution in [0.25, 0.3) is 21.5 Å². The molecule has 2 amide bonds. The van der Waals surface area contributed by atoms with Crippen molar-refractivity contribution in [3.8, 4) is 0 Å². The monoisotopic (exact) mass is 427 g/mol. The van der Waals surface area contributed by atoms with Crippen molar-refractivity contribution in [2.24, 2.45) is 0 Å². The van der Waals surface area contributed by atoms with Crippen LogP contribution in [-0.4, -0.2) is 64.6 Å². The van der Waals surface area contributed by atoms with Gasteiger partial charge in [-0.05, 0) is 34.7 Å². The molecule has 32 heavy (non-hydrogen) atoms. The molecule has 162 valence electrons. The summed E-state index contributed by atoms with van der Waals surface area (Å²) in [6, 6.07) is 19.6. The minimum absolute atomic E-state index is 0.0409. The summed E-state index contributed by atoms with van der Waals surface area (Å²) in [7, 11) is 2.06. The van der Waals surface area contributed by atoms with Gasteiger partial charge in [-0.25, -0.2) is 0 Å². The van der Waals surface area contributed by atoms with Crippen molar-refractivity contribution in [1.29, 1.82) is 0 Å². The molecular formula is C25H25N5O2. The number of carbonyl (C=O) groups excluding carboxylic acids is 2. The molecule has 0 bridgehead atoms. The molecule has 2 heterocycles. The van der Waals surface area contributed by atoms with Crippen LogP contribution in [0.3, 0.4) is 0 Å². The zero-order valence-corrected chi connectivity index (χ0v) is 18.0. The van der Waals surface area contributed by atoms with Crippen LogP contribution in [-0.2, 0) is 11.3 Å². The fourth-order valence-electron chi connectivity index (χ4n) is 4.25. The van der Waals surface area contributed by atoms with E-state index < -0.39 is 0 Å². The van der Waals surface area contributed by atoms with E-state index in [1.165, 1.54) is 0 Å². The van der Waals surface area contributed by atoms with E-state index in [0.717, 1.165) is 47.7 Å². The second-order valence-corrected chi connectivity index (χ2v) is 8.23. The number of nitrogens with one attached hydrogen (secondary N) is 1. The fourth-order valence-corrected chi connectivity index (χ4v) is 4.25. The largest absolute Gasteiger partial charge is 0.339 e. The molecule has 0 spiro atoms. The van der Waals surface area contributed by atoms with E-state index in [1.807, 2.05) is 53.4 Å². The van der Waals surface area contributed by atoms with Gasteiger partial charge < -0.3 is 15.1 Å². The second-order valence-electron chi connectivity index (χ2n) is 8.23. The quantitative estimate of drug-likeness (QED) is 0.508. The van der Waals surface area contributed by atoms with Gasteiger partial charge in [0, 0.05) is 38.4 Å². The predicted octanol–water partition coefficient (Wildman–Crippen LogP) is 3.22. The Bertz CT molecular complexity index is 1250. The van der Waals surface area contributed by atoms with E-state index in [-0.39, 0.29) is 18.4 Å². The maximum Gasteiger partial charge on any atom is 0.258 e. The van der Waals surface area contributed by atoms with Gasteiger partial charge in [-0.1, -0.05) is 48.5 Å². The van der Waals surface area contributed by atoms with Gasteiger partial charge in [0.25, 0.3) is 5.91 Å². The van der Waals surface area contributed by atoms with E-state index in [1.54, 1.807) is 16.9 Å². The van der Waals surface area contributed by atoms with Crippen LogP contribution in [0.2, 0.25) is 0 Å². The number of rotatable bonds is 4. The van der Waals surface area contributed by atoms with Crippen LogP contribution in [0.15, 0.2) is 66.9 Å². The smallest absolute Gasteiger partial charge is 0.258 e. The zero-order chi connectivity index (χ0) is 22.1. The highest BCUT2D eigenvalue weighted by molar-refractivity contribution is 6.21. The third-order valence-electron chi connectivity index (χ3n) is 6.03. The second kappa shape index (κ2) is 8.43. The average Bonchev–Trinajstić information content (AvgIpc) is 3.24. The molecule has 0 radical (unpaired) electrons. The summed E-state index contributed by atoms with van der Waals surface area (Å²) in [6.07, 6.45) is 1.73. The van der Waals surface area contributed by atoms with Crippen molar-refractivity contribution in [2.45, 2.75) is 6.54 Å². The SMILES string of the molecule is CN1CCN(C(=O)Cn2ccc(NC(=O)c3c4ccccc4cc4ccccc34)n2)CC1. The molecule has 0 atom stereocenters. The summed E-state index contributed by atoms with van der Waals surface area (Å²) in [6.45, 7) is 3.38. The summed E-state index contributed by atoms with van der Waals surface area (Å²) < 4.78 is 1.58. The van der Waals surface area contributed by atoms with E-state index in [0.29, 0.717) is 11.4 Å². The summed E-state index contributed by atoms with van der Waals surface area (Å²) in [5.41, 5.74) is 0.627. The molecule has 1 N–H and O–H groups in total. The number of benzene rings is 3. The first kappa shape index (κ1) is 20.2. The van der Waals surface area contributed by atoms with E-state index in [4.69, 9.17) is 0 Å². The Labute approximate surface area is 186 Å². The van der Waals surface area contributed by atoms with Gasteiger partial charge in [-0.3, -0.25) is 14.3 Å². The number of carbonyl (C=O) groups is 2. The standard InChI is InChI=1S/C25H25N5O2/c1-28-12-14-29(15-13-28)23(31)17-30-11-10-22(27-30)26-25(32)24-20-8-4-2-6-18(20)16-19-7-3-5-9-21(19)24/h2-11,16H,12-15,17H2,1H3,(H,26,27,32). The highest BCUT2D eigenvalue weighted by Crippen LogP contribution is 2.29. The van der Waals surface area contributed by atoms with Crippen molar-refractivity contribution >= 4 is 39.2 Å². The molecule has 0 aliphatic carbocycles. The zero-order valence-electron chi connectivity index (χ0n) is 18.0. The molecule has 7 nitrogen and oxygen atoms in total. The first-order chi connectivity index (χ1) is 15.6. The van der Waals surface area contributed by atoms with Crippen molar-refractivity contribution in [1.82, 2.24) is 19.6 Å². The molecule has 0 unspecified atom stereocenters. The topological polar surface area (TPSA) is 70.5 Å². The minimum Gasteiger partial charge on any atom is -0.339 e. The Hall–Kier alpha value is -3.71. The Balaban J connectivity index is 1.36. The third kappa shape index (κ3) is 3.94. The lowest BCUT2D eigenvalue weighted by Gasteiger charge is -2.32. The van der Waals surface area contributed by atoms with Gasteiger partial charge in [0.15, 0.2) is 5.82 Å². The number of anilines is 1. The molecule has 4 aromatic rings. The average molecular weight is 428 g/mol. The fraction of sp³-hybridized carbons (Fsp3) is 0.240. The molecule has 3 aromatic carbocycles. The number of piperazine rings is 1. The van der Waals surface area contributed by atoms with E-state index in [2.05, 4.69) is 28.4 Å². The van der Waals surface area contributed by atoms with E-state index in [9.17, 15) is 9.59 Å². The van der Waals surface area contributed by atoms with Crippen molar-refractivity contribution in [3.05, 3.63) is 72.4 Å². The maximum absolute atomic E-state index is 13.3. The highest BCUT2D eigenvalue weighted by atomic mass is 16.2. The molecule has 1 fully saturated rings. The Morgan fingerprint density at radius 3 is 2.19 bits per heavy atom. The number of hydrogen-bond acceptors (Lipinski definition) is 4. The summed E-state index contributed by atoms with van der Waals surface area (Å²) >= 11 is 0. The molecule has 1 saturated heterocycles. The maximum atomic E-state index is 13.3. The summed E-state index contributed by atoms with van der Waals surface area (Å²) in [5.74, 6) is 0.256. The molecule has 0 saturated carbocycles. The number of nitrogens with zero attached hydrogens (tertiary/aromatic N) is 4.